The Hall–Kier alpha value is -1.26. The summed E-state index contributed by atoms with van der Waals surface area (Å²) in [5.41, 5.74) is 1.24. The van der Waals surface area contributed by atoms with E-state index in [4.69, 9.17) is 9.47 Å². The average molecular weight is 321 g/mol. The van der Waals surface area contributed by atoms with Crippen LogP contribution in [0.3, 0.4) is 0 Å². The average Bonchev–Trinajstić information content (AvgIpc) is 2.54. The van der Waals surface area contributed by atoms with Crippen molar-refractivity contribution in [2.24, 2.45) is 11.8 Å². The highest BCUT2D eigenvalue weighted by atomic mass is 16.5. The van der Waals surface area contributed by atoms with E-state index in [1.807, 2.05) is 13.0 Å². The van der Waals surface area contributed by atoms with Crippen LogP contribution < -0.4 is 9.47 Å². The van der Waals surface area contributed by atoms with Gasteiger partial charge in [0.15, 0.2) is 11.5 Å². The van der Waals surface area contributed by atoms with E-state index < -0.39 is 0 Å². The van der Waals surface area contributed by atoms with Crippen molar-refractivity contribution < 1.29 is 14.6 Å². The van der Waals surface area contributed by atoms with Gasteiger partial charge in [0.05, 0.1) is 13.2 Å². The number of aliphatic hydroxyl groups is 1. The lowest BCUT2D eigenvalue weighted by Gasteiger charge is -2.31. The van der Waals surface area contributed by atoms with Crippen LogP contribution in [0.5, 0.6) is 11.5 Å². The van der Waals surface area contributed by atoms with Crippen molar-refractivity contribution >= 4 is 0 Å². The van der Waals surface area contributed by atoms with Gasteiger partial charge in [-0.05, 0) is 55.8 Å². The third kappa shape index (κ3) is 5.70. The summed E-state index contributed by atoms with van der Waals surface area (Å²) in [4.78, 5) is 2.42. The largest absolute Gasteiger partial charge is 0.490 e. The van der Waals surface area contributed by atoms with Gasteiger partial charge in [-0.1, -0.05) is 19.9 Å². The lowest BCUT2D eigenvalue weighted by molar-refractivity contribution is 0.116. The number of ether oxygens (including phenoxy) is 2. The Morgan fingerprint density at radius 1 is 1.26 bits per heavy atom. The number of rotatable bonds is 8. The molecule has 1 N–H and O–H groups in total. The zero-order valence-corrected chi connectivity index (χ0v) is 14.8. The van der Waals surface area contributed by atoms with Crippen LogP contribution in [0.25, 0.3) is 0 Å². The number of aliphatic hydroxyl groups excluding tert-OH is 1. The Kier molecular flexibility index (Phi) is 7.18. The summed E-state index contributed by atoms with van der Waals surface area (Å²) in [5.74, 6) is 2.58. The van der Waals surface area contributed by atoms with Crippen molar-refractivity contribution in [3.05, 3.63) is 23.8 Å². The number of hydrogen-bond acceptors (Lipinski definition) is 4. The maximum atomic E-state index is 9.37. The van der Waals surface area contributed by atoms with E-state index in [1.165, 1.54) is 12.0 Å². The van der Waals surface area contributed by atoms with E-state index in [-0.39, 0.29) is 0 Å². The van der Waals surface area contributed by atoms with Crippen molar-refractivity contribution in [1.29, 1.82) is 0 Å². The summed E-state index contributed by atoms with van der Waals surface area (Å²) >= 11 is 0. The molecule has 2 rings (SSSR count). The lowest BCUT2D eigenvalue weighted by Crippen LogP contribution is -2.36. The van der Waals surface area contributed by atoms with E-state index >= 15 is 0 Å². The van der Waals surface area contributed by atoms with Gasteiger partial charge in [0.2, 0.25) is 0 Å². The molecule has 130 valence electrons. The molecule has 23 heavy (non-hydrogen) atoms. The second-order valence-corrected chi connectivity index (χ2v) is 6.84. The van der Waals surface area contributed by atoms with E-state index in [1.54, 1.807) is 0 Å². The molecule has 1 aromatic rings. The molecule has 0 aromatic heterocycles. The van der Waals surface area contributed by atoms with Crippen molar-refractivity contribution in [2.75, 3.05) is 32.9 Å². The number of hydrogen-bond donors (Lipinski definition) is 1. The molecule has 1 atom stereocenters. The minimum absolute atomic E-state index is 0.294. The molecule has 0 spiro atoms. The highest BCUT2D eigenvalue weighted by Crippen LogP contribution is 2.30. The van der Waals surface area contributed by atoms with Crippen LogP contribution in [0, 0.1) is 11.8 Å². The van der Waals surface area contributed by atoms with Gasteiger partial charge in [0, 0.05) is 19.7 Å². The Bertz CT molecular complexity index is 476. The van der Waals surface area contributed by atoms with E-state index in [9.17, 15) is 5.11 Å². The maximum Gasteiger partial charge on any atom is 0.161 e. The molecule has 0 radical (unpaired) electrons. The Morgan fingerprint density at radius 3 is 2.78 bits per heavy atom. The molecule has 1 aliphatic rings. The van der Waals surface area contributed by atoms with Gasteiger partial charge in [-0.2, -0.15) is 0 Å². The van der Waals surface area contributed by atoms with Crippen LogP contribution in [0.2, 0.25) is 0 Å². The normalized spacial score (nSPS) is 19.1. The van der Waals surface area contributed by atoms with Gasteiger partial charge < -0.3 is 14.6 Å². The van der Waals surface area contributed by atoms with Crippen LogP contribution in [0.4, 0.5) is 0 Å². The molecule has 1 heterocycles. The van der Waals surface area contributed by atoms with E-state index in [0.717, 1.165) is 37.6 Å². The molecule has 1 aromatic carbocycles. The van der Waals surface area contributed by atoms with Gasteiger partial charge in [0.1, 0.15) is 0 Å². The molecular weight excluding hydrogens is 290 g/mol. The highest BCUT2D eigenvalue weighted by molar-refractivity contribution is 5.43. The first-order chi connectivity index (χ1) is 11.1. The summed E-state index contributed by atoms with van der Waals surface area (Å²) in [6, 6.07) is 6.25. The number of piperidine rings is 1. The van der Waals surface area contributed by atoms with E-state index in [2.05, 4.69) is 30.9 Å². The summed E-state index contributed by atoms with van der Waals surface area (Å²) in [5, 5.41) is 9.37. The smallest absolute Gasteiger partial charge is 0.161 e. The molecule has 1 saturated heterocycles. The molecule has 0 saturated carbocycles. The summed E-state index contributed by atoms with van der Waals surface area (Å²) in [6.07, 6.45) is 2.30. The first-order valence-electron chi connectivity index (χ1n) is 8.84. The van der Waals surface area contributed by atoms with Crippen molar-refractivity contribution in [3.63, 3.8) is 0 Å². The molecule has 0 aliphatic carbocycles. The predicted molar refractivity (Wildman–Crippen MR) is 93.0 cm³/mol. The van der Waals surface area contributed by atoms with Crippen molar-refractivity contribution in [1.82, 2.24) is 4.90 Å². The van der Waals surface area contributed by atoms with Gasteiger partial charge in [-0.3, -0.25) is 4.90 Å². The monoisotopic (exact) mass is 321 g/mol. The minimum atomic E-state index is 0.294. The van der Waals surface area contributed by atoms with Crippen molar-refractivity contribution in [3.8, 4) is 11.5 Å². The Labute approximate surface area is 140 Å². The molecule has 1 aliphatic heterocycles. The Morgan fingerprint density at radius 2 is 2.09 bits per heavy atom. The fourth-order valence-corrected chi connectivity index (χ4v) is 3.00. The summed E-state index contributed by atoms with van der Waals surface area (Å²) in [7, 11) is 0. The maximum absolute atomic E-state index is 9.37. The number of benzene rings is 1. The van der Waals surface area contributed by atoms with Crippen LogP contribution in [-0.4, -0.2) is 42.9 Å². The van der Waals surface area contributed by atoms with Gasteiger partial charge in [-0.15, -0.1) is 0 Å². The lowest BCUT2D eigenvalue weighted by atomic mass is 9.98. The SMILES string of the molecule is CCOc1cc(CN2CCCC(CO)C2)ccc1OCC(C)C. The fraction of sp³-hybridized carbons (Fsp3) is 0.684. The molecular formula is C19H31NO3. The van der Waals surface area contributed by atoms with Gasteiger partial charge in [-0.25, -0.2) is 0 Å². The zero-order chi connectivity index (χ0) is 16.7. The minimum Gasteiger partial charge on any atom is -0.490 e. The van der Waals surface area contributed by atoms with Crippen LogP contribution >= 0.6 is 0 Å². The fourth-order valence-electron chi connectivity index (χ4n) is 3.00. The van der Waals surface area contributed by atoms with Crippen LogP contribution in [0.15, 0.2) is 18.2 Å². The topological polar surface area (TPSA) is 41.9 Å². The summed E-state index contributed by atoms with van der Waals surface area (Å²) < 4.78 is 11.6. The molecule has 0 amide bonds. The standard InChI is InChI=1S/C19H31NO3/c1-4-22-19-10-16(7-8-18(19)23-14-15(2)3)11-20-9-5-6-17(12-20)13-21/h7-8,10,15,17,21H,4-6,9,11-14H2,1-3H3. The third-order valence-electron chi connectivity index (χ3n) is 4.15. The molecule has 4 heteroatoms. The first-order valence-corrected chi connectivity index (χ1v) is 8.84. The number of likely N-dealkylation sites (tertiary alicyclic amines) is 1. The quantitative estimate of drug-likeness (QED) is 0.797. The second-order valence-electron chi connectivity index (χ2n) is 6.84. The van der Waals surface area contributed by atoms with Crippen LogP contribution in [-0.2, 0) is 6.54 Å². The summed E-state index contributed by atoms with van der Waals surface area (Å²) in [6.45, 7) is 10.9. The van der Waals surface area contributed by atoms with Crippen LogP contribution in [0.1, 0.15) is 39.2 Å². The molecule has 0 bridgehead atoms. The van der Waals surface area contributed by atoms with Gasteiger partial charge >= 0.3 is 0 Å². The first kappa shape index (κ1) is 18.1. The second kappa shape index (κ2) is 9.14. The predicted octanol–water partition coefficient (Wildman–Crippen LogP) is 3.32. The third-order valence-corrected chi connectivity index (χ3v) is 4.15. The molecule has 1 fully saturated rings. The van der Waals surface area contributed by atoms with E-state index in [0.29, 0.717) is 31.7 Å². The molecule has 1 unspecified atom stereocenters. The highest BCUT2D eigenvalue weighted by Gasteiger charge is 2.19. The van der Waals surface area contributed by atoms with Gasteiger partial charge in [0.25, 0.3) is 0 Å². The molecule has 4 nitrogen and oxygen atoms in total. The Balaban J connectivity index is 2.02. The number of nitrogens with zero attached hydrogens (tertiary/aromatic N) is 1. The zero-order valence-electron chi connectivity index (χ0n) is 14.8. The van der Waals surface area contributed by atoms with Crippen molar-refractivity contribution in [2.45, 2.75) is 40.2 Å².